The van der Waals surface area contributed by atoms with Crippen molar-refractivity contribution in [2.45, 2.75) is 160 Å². The van der Waals surface area contributed by atoms with Crippen molar-refractivity contribution in [1.82, 2.24) is 5.32 Å². The number of fused-ring (bicyclic) bond motifs is 3. The lowest BCUT2D eigenvalue weighted by molar-refractivity contribution is -0.392. The van der Waals surface area contributed by atoms with Crippen molar-refractivity contribution in [1.29, 1.82) is 0 Å². The summed E-state index contributed by atoms with van der Waals surface area (Å²) in [4.78, 5) is 39.4. The van der Waals surface area contributed by atoms with E-state index in [9.17, 15) is 34.8 Å². The zero-order valence-corrected chi connectivity index (χ0v) is 31.4. The van der Waals surface area contributed by atoms with Gasteiger partial charge in [0, 0.05) is 31.1 Å². The highest BCUT2D eigenvalue weighted by Crippen LogP contribution is 2.68. The van der Waals surface area contributed by atoms with E-state index in [0.29, 0.717) is 11.1 Å². The van der Waals surface area contributed by atoms with Crippen molar-refractivity contribution in [3.63, 3.8) is 0 Å². The van der Waals surface area contributed by atoms with Crippen LogP contribution in [-0.4, -0.2) is 117 Å². The van der Waals surface area contributed by atoms with Crippen LogP contribution in [-0.2, 0) is 38.0 Å². The Morgan fingerprint density at radius 3 is 2.27 bits per heavy atom. The molecule has 0 aromatic carbocycles. The Balaban J connectivity index is 1.61. The molecule has 13 atom stereocenters. The average Bonchev–Trinajstić information content (AvgIpc) is 3.25. The first kappa shape index (κ1) is 39.6. The van der Waals surface area contributed by atoms with E-state index in [1.54, 1.807) is 27.7 Å². The molecule has 0 spiro atoms. The van der Waals surface area contributed by atoms with Crippen LogP contribution in [0.5, 0.6) is 0 Å². The van der Waals surface area contributed by atoms with E-state index in [1.165, 1.54) is 26.8 Å². The number of aliphatic hydroxyl groups excluding tert-OH is 2. The summed E-state index contributed by atoms with van der Waals surface area (Å²) in [6, 6.07) is -1.06. The molecule has 5 N–H and O–H groups in total. The van der Waals surface area contributed by atoms with Gasteiger partial charge in [-0.25, -0.2) is 9.59 Å². The Kier molecular flexibility index (Phi) is 10.4. The minimum atomic E-state index is -1.81. The molecule has 51 heavy (non-hydrogen) atoms. The number of esters is 2. The van der Waals surface area contributed by atoms with Crippen LogP contribution in [0.3, 0.4) is 0 Å². The van der Waals surface area contributed by atoms with Crippen LogP contribution < -0.4 is 5.32 Å². The third kappa shape index (κ3) is 6.52. The summed E-state index contributed by atoms with van der Waals surface area (Å²) in [6.07, 6.45) is -8.04. The zero-order chi connectivity index (χ0) is 38.2. The third-order valence-corrected chi connectivity index (χ3v) is 11.8. The number of amides is 1. The summed E-state index contributed by atoms with van der Waals surface area (Å²) in [6.45, 7) is 20.3. The molecule has 2 saturated heterocycles. The van der Waals surface area contributed by atoms with E-state index in [1.807, 2.05) is 20.8 Å². The summed E-state index contributed by atoms with van der Waals surface area (Å²) in [7, 11) is 0. The first-order valence-corrected chi connectivity index (χ1v) is 17.9. The number of hydrogen-bond donors (Lipinski definition) is 5. The molecular weight excluding hydrogens is 666 g/mol. The van der Waals surface area contributed by atoms with E-state index in [-0.39, 0.29) is 31.8 Å². The van der Waals surface area contributed by atoms with Crippen molar-refractivity contribution in [2.75, 3.05) is 6.61 Å². The van der Waals surface area contributed by atoms with Crippen molar-refractivity contribution >= 4 is 18.0 Å². The molecule has 5 rings (SSSR count). The lowest BCUT2D eigenvalue weighted by Gasteiger charge is -2.66. The molecule has 0 bridgehead atoms. The molecule has 5 aliphatic rings. The quantitative estimate of drug-likeness (QED) is 0.132. The number of alkyl carbamates (subject to hydrolysis) is 1. The Bertz CT molecular complexity index is 1430. The van der Waals surface area contributed by atoms with Crippen LogP contribution in [0, 0.1) is 22.7 Å². The summed E-state index contributed by atoms with van der Waals surface area (Å²) in [5.41, 5.74) is -6.36. The van der Waals surface area contributed by atoms with Gasteiger partial charge in [-0.1, -0.05) is 27.4 Å². The molecule has 2 saturated carbocycles. The van der Waals surface area contributed by atoms with Gasteiger partial charge in [-0.05, 0) is 71.1 Å². The predicted octanol–water partition coefficient (Wildman–Crippen LogP) is 2.43. The number of carbonyl (C=O) groups is 3. The molecular formula is C37H57NO13. The van der Waals surface area contributed by atoms with Gasteiger partial charge in [-0.15, -0.1) is 0 Å². The Morgan fingerprint density at radius 2 is 1.76 bits per heavy atom. The first-order valence-electron chi connectivity index (χ1n) is 17.9. The van der Waals surface area contributed by atoms with Gasteiger partial charge in [0.25, 0.3) is 0 Å². The highest BCUT2D eigenvalue weighted by Gasteiger charge is 2.78. The van der Waals surface area contributed by atoms with Gasteiger partial charge in [0.2, 0.25) is 0 Å². The molecule has 14 heteroatoms. The molecule has 0 radical (unpaired) electrons. The van der Waals surface area contributed by atoms with Crippen LogP contribution in [0.15, 0.2) is 23.8 Å². The van der Waals surface area contributed by atoms with Crippen LogP contribution in [0.1, 0.15) is 88.5 Å². The molecule has 288 valence electrons. The summed E-state index contributed by atoms with van der Waals surface area (Å²) < 4.78 is 36.1. The predicted molar refractivity (Wildman–Crippen MR) is 181 cm³/mol. The minimum Gasteiger partial charge on any atom is -0.456 e. The monoisotopic (exact) mass is 723 g/mol. The van der Waals surface area contributed by atoms with E-state index in [4.69, 9.17) is 28.4 Å². The van der Waals surface area contributed by atoms with Gasteiger partial charge in [0.1, 0.15) is 23.4 Å². The van der Waals surface area contributed by atoms with Crippen molar-refractivity contribution in [2.24, 2.45) is 22.7 Å². The molecule has 14 nitrogen and oxygen atoms in total. The Hall–Kier alpha value is -2.59. The number of aliphatic hydroxyl groups is 4. The van der Waals surface area contributed by atoms with Gasteiger partial charge in [0.15, 0.2) is 18.5 Å². The summed E-state index contributed by atoms with van der Waals surface area (Å²) in [5.74, 6) is -2.79. The molecule has 1 amide bonds. The van der Waals surface area contributed by atoms with E-state index >= 15 is 0 Å². The summed E-state index contributed by atoms with van der Waals surface area (Å²) in [5, 5.41) is 51.2. The fourth-order valence-electron chi connectivity index (χ4n) is 9.54. The Labute approximate surface area is 299 Å². The maximum atomic E-state index is 13.8. The fourth-order valence-corrected chi connectivity index (χ4v) is 9.54. The van der Waals surface area contributed by atoms with Gasteiger partial charge in [0.05, 0.1) is 42.0 Å². The second-order valence-corrected chi connectivity index (χ2v) is 17.2. The topological polar surface area (TPSA) is 200 Å². The van der Waals surface area contributed by atoms with Crippen LogP contribution in [0.2, 0.25) is 0 Å². The molecule has 0 aromatic rings. The largest absolute Gasteiger partial charge is 0.456 e. The minimum absolute atomic E-state index is 0.0370. The number of ether oxygens (including phenoxy) is 6. The SMILES string of the molecule is C=CC1O[C@H]2C[C@H]3OC[C@@]3(O)[C@H]3[C@H](O)[C@]4(C(C)(C)O)C[C@H](OC(=O)[C@H](O)[C@H](CC(C)C)NC(=O)OC(C)(C)C)C(C)=C4[C@H](OC(C)=O)[C@H](O1)[C@]23C. The molecule has 0 aromatic heterocycles. The molecule has 1 unspecified atom stereocenters. The van der Waals surface area contributed by atoms with E-state index in [2.05, 4.69) is 11.9 Å². The highest BCUT2D eigenvalue weighted by molar-refractivity contribution is 5.77. The van der Waals surface area contributed by atoms with Gasteiger partial charge < -0.3 is 54.2 Å². The standard InChI is InChI=1S/C37H57NO13/c1-12-24-49-22-14-23-37(45,16-46-23)28-29(41)36(34(9,10)44)15-21(18(4)25(36)27(47-19(5)39)30(50-24)35(22,28)11)48-31(42)26(40)20(13-17(2)3)38-32(43)51-33(6,7)8/h12,17,20-24,26-30,40-41,44-45H,1,13-16H2,2-11H3,(H,38,43)/t20-,21-,22-,23+,24?,26+,27-,28-,29-,30-,35+,36-,37-/m0/s1. The van der Waals surface area contributed by atoms with Crippen molar-refractivity contribution < 1.29 is 63.2 Å². The smallest absolute Gasteiger partial charge is 0.407 e. The second-order valence-electron chi connectivity index (χ2n) is 17.2. The lowest BCUT2D eigenvalue weighted by Crippen LogP contribution is -2.79. The van der Waals surface area contributed by atoms with Crippen LogP contribution in [0.25, 0.3) is 0 Å². The lowest BCUT2D eigenvalue weighted by atomic mass is 9.49. The maximum absolute atomic E-state index is 13.8. The van der Waals surface area contributed by atoms with Crippen molar-refractivity contribution in [3.8, 4) is 0 Å². The van der Waals surface area contributed by atoms with Gasteiger partial charge >= 0.3 is 18.0 Å². The van der Waals surface area contributed by atoms with Crippen LogP contribution in [0.4, 0.5) is 4.79 Å². The molecule has 2 aliphatic heterocycles. The zero-order valence-electron chi connectivity index (χ0n) is 31.4. The number of carbonyl (C=O) groups excluding carboxylic acids is 3. The normalized spacial score (nSPS) is 40.1. The maximum Gasteiger partial charge on any atom is 0.407 e. The fraction of sp³-hybridized carbons (Fsp3) is 0.811. The third-order valence-electron chi connectivity index (χ3n) is 11.8. The first-order chi connectivity index (χ1) is 23.4. The van der Waals surface area contributed by atoms with Gasteiger partial charge in [-0.3, -0.25) is 4.79 Å². The molecule has 3 aliphatic carbocycles. The average molecular weight is 724 g/mol. The second kappa shape index (κ2) is 13.4. The van der Waals surface area contributed by atoms with Crippen LogP contribution >= 0.6 is 0 Å². The number of nitrogens with one attached hydrogen (secondary N) is 1. The van der Waals surface area contributed by atoms with E-state index < -0.39 is 107 Å². The number of hydrogen-bond acceptors (Lipinski definition) is 13. The Morgan fingerprint density at radius 1 is 1.12 bits per heavy atom. The highest BCUT2D eigenvalue weighted by atomic mass is 16.7. The molecule has 2 heterocycles. The molecule has 4 fully saturated rings. The van der Waals surface area contributed by atoms with Gasteiger partial charge in [-0.2, -0.15) is 0 Å². The summed E-state index contributed by atoms with van der Waals surface area (Å²) >= 11 is 0. The van der Waals surface area contributed by atoms with E-state index in [0.717, 1.165) is 0 Å². The van der Waals surface area contributed by atoms with Crippen molar-refractivity contribution in [3.05, 3.63) is 23.8 Å². The number of rotatable bonds is 9.